The first-order valence-electron chi connectivity index (χ1n) is 5.94. The van der Waals surface area contributed by atoms with Gasteiger partial charge in [0.15, 0.2) is 0 Å². The molecule has 2 heteroatoms. The van der Waals surface area contributed by atoms with Gasteiger partial charge in [-0.1, -0.05) is 24.3 Å². The summed E-state index contributed by atoms with van der Waals surface area (Å²) in [6, 6.07) is 10.8. The van der Waals surface area contributed by atoms with Gasteiger partial charge in [-0.2, -0.15) is 5.26 Å². The largest absolute Gasteiger partial charge is 0.306 e. The zero-order valence-electron chi connectivity index (χ0n) is 9.82. The van der Waals surface area contributed by atoms with Crippen LogP contribution in [0.25, 0.3) is 0 Å². The van der Waals surface area contributed by atoms with Crippen molar-refractivity contribution >= 4 is 0 Å². The van der Waals surface area contributed by atoms with Gasteiger partial charge in [-0.05, 0) is 50.0 Å². The second-order valence-corrected chi connectivity index (χ2v) is 4.65. The Labute approximate surface area is 97.5 Å². The molecule has 1 aliphatic heterocycles. The van der Waals surface area contributed by atoms with E-state index < -0.39 is 0 Å². The lowest BCUT2D eigenvalue weighted by atomic mass is 9.89. The van der Waals surface area contributed by atoms with Gasteiger partial charge < -0.3 is 4.90 Å². The Kier molecular flexibility index (Phi) is 3.58. The zero-order chi connectivity index (χ0) is 11.4. The summed E-state index contributed by atoms with van der Waals surface area (Å²) in [5.74, 6) is 0.715. The second kappa shape index (κ2) is 5.14. The Hall–Kier alpha value is -1.33. The van der Waals surface area contributed by atoms with Gasteiger partial charge >= 0.3 is 0 Å². The zero-order valence-corrected chi connectivity index (χ0v) is 9.82. The third-order valence-electron chi connectivity index (χ3n) is 3.45. The Morgan fingerprint density at radius 3 is 2.44 bits per heavy atom. The molecule has 0 saturated carbocycles. The van der Waals surface area contributed by atoms with Crippen molar-refractivity contribution in [1.82, 2.24) is 4.90 Å². The number of benzene rings is 1. The van der Waals surface area contributed by atoms with Crippen molar-refractivity contribution < 1.29 is 0 Å². The fraction of sp³-hybridized carbons (Fsp3) is 0.500. The van der Waals surface area contributed by atoms with Crippen molar-refractivity contribution in [3.63, 3.8) is 0 Å². The number of hydrogen-bond acceptors (Lipinski definition) is 2. The van der Waals surface area contributed by atoms with Crippen molar-refractivity contribution in [1.29, 1.82) is 5.26 Å². The first-order chi connectivity index (χ1) is 7.79. The Bertz CT molecular complexity index is 367. The van der Waals surface area contributed by atoms with E-state index >= 15 is 0 Å². The fourth-order valence-electron chi connectivity index (χ4n) is 2.34. The lowest BCUT2D eigenvalue weighted by Crippen LogP contribution is -2.29. The molecule has 2 rings (SSSR count). The van der Waals surface area contributed by atoms with Gasteiger partial charge in [0.05, 0.1) is 12.5 Å². The maximum Gasteiger partial charge on any atom is 0.0669 e. The number of piperidine rings is 1. The molecule has 1 heterocycles. The van der Waals surface area contributed by atoms with Crippen molar-refractivity contribution in [2.24, 2.45) is 0 Å². The topological polar surface area (TPSA) is 27.0 Å². The second-order valence-electron chi connectivity index (χ2n) is 4.65. The van der Waals surface area contributed by atoms with E-state index in [-0.39, 0.29) is 0 Å². The summed E-state index contributed by atoms with van der Waals surface area (Å²) in [7, 11) is 2.19. The SMILES string of the molecule is CN1CCC(c2ccc(CC#N)cc2)CC1. The molecule has 2 nitrogen and oxygen atoms in total. The molecule has 1 saturated heterocycles. The van der Waals surface area contributed by atoms with Crippen molar-refractivity contribution in [2.45, 2.75) is 25.2 Å². The van der Waals surface area contributed by atoms with Crippen LogP contribution in [0, 0.1) is 11.3 Å². The molecular weight excluding hydrogens is 196 g/mol. The fourth-order valence-corrected chi connectivity index (χ4v) is 2.34. The molecule has 0 bridgehead atoms. The van der Waals surface area contributed by atoms with E-state index in [9.17, 15) is 0 Å². The Morgan fingerprint density at radius 2 is 1.88 bits per heavy atom. The lowest BCUT2D eigenvalue weighted by Gasteiger charge is -2.29. The average molecular weight is 214 g/mol. The molecule has 1 aromatic carbocycles. The summed E-state index contributed by atoms with van der Waals surface area (Å²) < 4.78 is 0. The third kappa shape index (κ3) is 2.62. The van der Waals surface area contributed by atoms with Crippen LogP contribution in [0.15, 0.2) is 24.3 Å². The monoisotopic (exact) mass is 214 g/mol. The maximum absolute atomic E-state index is 8.61. The van der Waals surface area contributed by atoms with Crippen LogP contribution < -0.4 is 0 Å². The van der Waals surface area contributed by atoms with E-state index in [0.29, 0.717) is 12.3 Å². The molecule has 1 aromatic rings. The number of hydrogen-bond donors (Lipinski definition) is 0. The number of rotatable bonds is 2. The van der Waals surface area contributed by atoms with Gasteiger partial charge in [-0.3, -0.25) is 0 Å². The molecule has 0 amide bonds. The Morgan fingerprint density at radius 1 is 1.25 bits per heavy atom. The van der Waals surface area contributed by atoms with Crippen LogP contribution in [-0.2, 0) is 6.42 Å². The van der Waals surface area contributed by atoms with E-state index in [4.69, 9.17) is 5.26 Å². The standard InChI is InChI=1S/C14H18N2/c1-16-10-7-14(8-11-16)13-4-2-12(3-5-13)6-9-15/h2-5,14H,6-8,10-11H2,1H3. The van der Waals surface area contributed by atoms with Crippen LogP contribution in [0.3, 0.4) is 0 Å². The first kappa shape index (κ1) is 11.2. The molecule has 0 spiro atoms. The normalized spacial score (nSPS) is 18.2. The average Bonchev–Trinajstić information content (AvgIpc) is 2.32. The van der Waals surface area contributed by atoms with Crippen LogP contribution in [0.4, 0.5) is 0 Å². The minimum Gasteiger partial charge on any atom is -0.306 e. The van der Waals surface area contributed by atoms with Crippen LogP contribution in [0.5, 0.6) is 0 Å². The maximum atomic E-state index is 8.61. The minimum atomic E-state index is 0.522. The summed E-state index contributed by atoms with van der Waals surface area (Å²) in [5, 5.41) is 8.61. The van der Waals surface area contributed by atoms with Gasteiger partial charge in [-0.15, -0.1) is 0 Å². The minimum absolute atomic E-state index is 0.522. The highest BCUT2D eigenvalue weighted by Gasteiger charge is 2.17. The molecule has 1 aliphatic rings. The molecule has 0 aliphatic carbocycles. The van der Waals surface area contributed by atoms with Gasteiger partial charge in [0.2, 0.25) is 0 Å². The first-order valence-corrected chi connectivity index (χ1v) is 5.94. The van der Waals surface area contributed by atoms with E-state index in [1.54, 1.807) is 0 Å². The summed E-state index contributed by atoms with van der Waals surface area (Å²) >= 11 is 0. The summed E-state index contributed by atoms with van der Waals surface area (Å²) in [4.78, 5) is 2.39. The number of likely N-dealkylation sites (tertiary alicyclic amines) is 1. The summed E-state index contributed by atoms with van der Waals surface area (Å²) in [6.45, 7) is 2.40. The third-order valence-corrected chi connectivity index (χ3v) is 3.45. The molecule has 16 heavy (non-hydrogen) atoms. The van der Waals surface area contributed by atoms with Crippen LogP contribution in [-0.4, -0.2) is 25.0 Å². The molecule has 84 valence electrons. The van der Waals surface area contributed by atoms with E-state index in [1.807, 2.05) is 0 Å². The molecule has 0 N–H and O–H groups in total. The van der Waals surface area contributed by atoms with Crippen LogP contribution >= 0.6 is 0 Å². The van der Waals surface area contributed by atoms with Gasteiger partial charge in [0.1, 0.15) is 0 Å². The smallest absolute Gasteiger partial charge is 0.0669 e. The van der Waals surface area contributed by atoms with E-state index in [1.165, 1.54) is 31.5 Å². The number of nitrogens with zero attached hydrogens (tertiary/aromatic N) is 2. The Balaban J connectivity index is 2.02. The molecule has 0 unspecified atom stereocenters. The number of nitriles is 1. The predicted molar refractivity (Wildman–Crippen MR) is 65.2 cm³/mol. The van der Waals surface area contributed by atoms with Crippen molar-refractivity contribution in [3.8, 4) is 6.07 Å². The highest BCUT2D eigenvalue weighted by Crippen LogP contribution is 2.27. The molecule has 1 fully saturated rings. The predicted octanol–water partition coefficient (Wildman–Crippen LogP) is 2.56. The molecule has 0 aromatic heterocycles. The van der Waals surface area contributed by atoms with Crippen LogP contribution in [0.1, 0.15) is 29.9 Å². The molecular formula is C14H18N2. The summed E-state index contributed by atoms with van der Waals surface area (Å²) in [5.41, 5.74) is 2.56. The molecule has 0 atom stereocenters. The van der Waals surface area contributed by atoms with Crippen LogP contribution in [0.2, 0.25) is 0 Å². The van der Waals surface area contributed by atoms with Gasteiger partial charge in [0, 0.05) is 0 Å². The lowest BCUT2D eigenvalue weighted by molar-refractivity contribution is 0.255. The van der Waals surface area contributed by atoms with Crippen molar-refractivity contribution in [3.05, 3.63) is 35.4 Å². The van der Waals surface area contributed by atoms with Gasteiger partial charge in [-0.25, -0.2) is 0 Å². The highest BCUT2D eigenvalue weighted by atomic mass is 15.1. The van der Waals surface area contributed by atoms with Crippen molar-refractivity contribution in [2.75, 3.05) is 20.1 Å². The summed E-state index contributed by atoms with van der Waals surface area (Å²) in [6.07, 6.45) is 3.04. The van der Waals surface area contributed by atoms with Gasteiger partial charge in [0.25, 0.3) is 0 Å². The van der Waals surface area contributed by atoms with E-state index in [2.05, 4.69) is 42.3 Å². The quantitative estimate of drug-likeness (QED) is 0.756. The molecule has 0 radical (unpaired) electrons. The van der Waals surface area contributed by atoms with E-state index in [0.717, 1.165) is 5.56 Å². The highest BCUT2D eigenvalue weighted by molar-refractivity contribution is 5.27.